The second-order valence-corrected chi connectivity index (χ2v) is 35.7. The minimum absolute atomic E-state index is 0. The Kier molecular flexibility index (Phi) is 42.1. The van der Waals surface area contributed by atoms with Gasteiger partial charge in [-0.15, -0.1) is 57.4 Å². The SMILES string of the molecule is BrB(Br)Br.C.C.C.CC(=O)O.CC(C)(C)C(=O)Cl.COc1cc(N)c(NC(=O)C(C)(C)C)c2ncccc12.COc1cc([N+](=O)[O-])c(NC(=O)C(C)(C)C)c2ncccc12.COc1cc2[nH]c(C(C)(C)C)nc2c2ncccc12.COc1ccc(N)c2ncccc12.COc1ccc(NC(=O)C(C)(C)C)c2ncccc12.O=[N+]([O-])O. The smallest absolute Gasteiger partial charge is 0.369 e. The van der Waals surface area contributed by atoms with Crippen LogP contribution < -0.4 is 51.1 Å². The highest BCUT2D eigenvalue weighted by Crippen LogP contribution is 2.41. The number of aromatic nitrogens is 7. The number of H-pyrrole nitrogens is 1. The van der Waals surface area contributed by atoms with Crippen molar-refractivity contribution in [2.75, 3.05) is 63.0 Å². The molecule has 0 aliphatic carbocycles. The number of nitrogen functional groups attached to an aromatic ring is 2. The van der Waals surface area contributed by atoms with Crippen molar-refractivity contribution >= 4 is 191 Å². The zero-order valence-corrected chi connectivity index (χ0v) is 71.6. The highest BCUT2D eigenvalue weighted by molar-refractivity contribution is 9.69. The van der Waals surface area contributed by atoms with Gasteiger partial charge in [-0.2, -0.15) is 0 Å². The number of nitrogens with one attached hydrogen (secondary N) is 4. The predicted molar refractivity (Wildman–Crippen MR) is 475 cm³/mol. The van der Waals surface area contributed by atoms with Crippen LogP contribution >= 0.6 is 58.9 Å². The fourth-order valence-electron chi connectivity index (χ4n) is 9.05. The molecule has 35 heteroatoms. The number of aliphatic carboxylic acids is 1. The number of methoxy groups -OCH3 is 5. The van der Waals surface area contributed by atoms with Crippen LogP contribution in [0.4, 0.5) is 34.1 Å². The van der Waals surface area contributed by atoms with Crippen molar-refractivity contribution in [2.24, 2.45) is 21.7 Å². The fourth-order valence-corrected chi connectivity index (χ4v) is 9.05. The van der Waals surface area contributed by atoms with Crippen molar-refractivity contribution in [2.45, 2.75) is 138 Å². The summed E-state index contributed by atoms with van der Waals surface area (Å²) in [6.07, 6.45) is 8.38. The number of amides is 3. The number of carbonyl (C=O) groups is 5. The molecule has 6 heterocycles. The Hall–Kier alpha value is -10.8. The van der Waals surface area contributed by atoms with Gasteiger partial charge in [-0.3, -0.25) is 59.0 Å². The number of carboxylic acid groups (broad SMARTS) is 1. The lowest BCUT2D eigenvalue weighted by atomic mass is 9.95. The maximum atomic E-state index is 12.2. The molecule has 0 unspecified atom stereocenters. The summed E-state index contributed by atoms with van der Waals surface area (Å²) in [6.45, 7) is 29.2. The van der Waals surface area contributed by atoms with Crippen LogP contribution in [0.5, 0.6) is 28.7 Å². The van der Waals surface area contributed by atoms with Crippen LogP contribution in [0, 0.1) is 41.9 Å². The molecule has 624 valence electrons. The number of carbonyl (C=O) groups excluding carboxylic acids is 4. The average Bonchev–Trinajstić information content (AvgIpc) is 1.76. The molecule has 0 spiro atoms. The summed E-state index contributed by atoms with van der Waals surface area (Å²) in [4.78, 5) is 104. The number of hydrogen-bond donors (Lipinski definition) is 8. The Labute approximate surface area is 701 Å². The molecule has 5 aromatic carbocycles. The third kappa shape index (κ3) is 31.8. The number of rotatable bonds is 9. The molecular weight excluding hydrogens is 1700 g/mol. The van der Waals surface area contributed by atoms with Crippen molar-refractivity contribution in [3.05, 3.63) is 160 Å². The Morgan fingerprint density at radius 2 is 0.791 bits per heavy atom. The Balaban J connectivity index is 0.00000133. The number of aromatic amines is 1. The quantitative estimate of drug-likeness (QED) is 0.0219. The van der Waals surface area contributed by atoms with E-state index in [-0.39, 0.29) is 70.6 Å². The summed E-state index contributed by atoms with van der Waals surface area (Å²) in [5.41, 5.74) is 17.2. The molecule has 30 nitrogen and oxygen atoms in total. The van der Waals surface area contributed by atoms with E-state index in [9.17, 15) is 29.3 Å². The number of fused-ring (bicyclic) bond motifs is 7. The van der Waals surface area contributed by atoms with E-state index in [2.05, 4.69) is 114 Å². The zero-order chi connectivity index (χ0) is 85.1. The number of nitrogens with zero attached hydrogens (tertiary/aromatic N) is 8. The molecule has 6 aromatic heterocycles. The van der Waals surface area contributed by atoms with Crippen molar-refractivity contribution < 1.29 is 68.0 Å². The third-order valence-electron chi connectivity index (χ3n) is 14.9. The van der Waals surface area contributed by atoms with Crippen LogP contribution in [-0.4, -0.2) is 123 Å². The summed E-state index contributed by atoms with van der Waals surface area (Å²) in [6, 6.07) is 30.9. The maximum Gasteiger partial charge on any atom is 0.369 e. The van der Waals surface area contributed by atoms with Crippen molar-refractivity contribution in [1.29, 1.82) is 0 Å². The largest absolute Gasteiger partial charge is 0.496 e. The number of benzene rings is 5. The minimum Gasteiger partial charge on any atom is -0.496 e. The van der Waals surface area contributed by atoms with Crippen molar-refractivity contribution in [3.8, 4) is 28.7 Å². The van der Waals surface area contributed by atoms with Crippen LogP contribution in [0.3, 0.4) is 0 Å². The molecule has 0 saturated carbocycles. The molecule has 10 N–H and O–H groups in total. The fraction of sp³-hybridized carbons (Fsp3) is 0.362. The van der Waals surface area contributed by atoms with Crippen LogP contribution in [0.2, 0.25) is 0 Å². The van der Waals surface area contributed by atoms with Crippen LogP contribution in [-0.2, 0) is 29.4 Å². The van der Waals surface area contributed by atoms with Gasteiger partial charge in [0.05, 0.1) is 91.4 Å². The number of nitro benzene ring substituents is 1. The molecule has 0 aliphatic heterocycles. The number of hydrogen-bond acceptors (Lipinski definition) is 22. The molecule has 3 amide bonds. The van der Waals surface area contributed by atoms with E-state index in [1.165, 1.54) is 19.4 Å². The lowest BCUT2D eigenvalue weighted by Crippen LogP contribution is -2.28. The molecule has 0 fully saturated rings. The van der Waals surface area contributed by atoms with E-state index < -0.39 is 32.2 Å². The molecule has 11 rings (SSSR count). The molecule has 0 bridgehead atoms. The topological polar surface area (TPSA) is 439 Å². The standard InChI is InChI=1S/C15H17N3O4.C15H19N3O2.C15H17N3O.C15H18N2O2.C10H10N2O.C5H9ClO.C2H4O2.3CH4.BBr3.HNO3/c1-15(2,3)14(19)17-13-10(18(20)21)8-11(22-4)9-6-5-7-16-12(9)13;1-15(2,3)14(19)18-13-10(16)8-11(20-4)9-6-5-7-17-12(9)13;1-15(2,3)14-17-10-8-11(19-4)9-6-5-7-16-12(9)13(10)18-14;1-15(2,3)14(18)17-11-7-8-12(19-4)10-6-5-9-16-13(10)11;1-13-9-5-4-8(11)10-7(9)3-2-6-12-10;1-5(2,3)4(6)7;1-2(3)4;;;;2*2-1(3)4/h5-8H,1-4H3,(H,17,19);5-8H,16H2,1-4H3,(H,18,19);5-8H,1-4H3,(H,17,18);5-9H,1-4H3,(H,17,18);2-6H,11H2,1H3;1-3H3;1H3,(H,3,4);3*1H4;;(H,2,3,4). The van der Waals surface area contributed by atoms with Crippen LogP contribution in [0.1, 0.15) is 139 Å². The first-order valence-electron chi connectivity index (χ1n) is 33.8. The Morgan fingerprint density at radius 3 is 1.17 bits per heavy atom. The molecule has 0 saturated heterocycles. The maximum absolute atomic E-state index is 12.2. The number of pyridine rings is 5. The van der Waals surface area contributed by atoms with Gasteiger partial charge in [-0.1, -0.05) is 126 Å². The summed E-state index contributed by atoms with van der Waals surface area (Å²) in [5.74, 6) is 3.00. The van der Waals surface area contributed by atoms with E-state index in [0.717, 1.165) is 79.1 Å². The first-order chi connectivity index (χ1) is 52.0. The van der Waals surface area contributed by atoms with E-state index in [4.69, 9.17) is 77.0 Å². The van der Waals surface area contributed by atoms with Gasteiger partial charge in [0.15, 0.2) is 0 Å². The minimum atomic E-state index is -1.50. The first kappa shape index (κ1) is 104. The van der Waals surface area contributed by atoms with Gasteiger partial charge in [0, 0.05) is 104 Å². The van der Waals surface area contributed by atoms with Gasteiger partial charge in [0.25, 0.3) is 16.7 Å². The van der Waals surface area contributed by atoms with Crippen LogP contribution in [0.25, 0.3) is 65.5 Å². The molecule has 115 heavy (non-hydrogen) atoms. The number of imidazole rings is 1. The normalized spacial score (nSPS) is 10.5. The summed E-state index contributed by atoms with van der Waals surface area (Å²) < 4.78 is 26.7. The molecule has 0 aliphatic rings. The zero-order valence-electron chi connectivity index (χ0n) is 66.1. The van der Waals surface area contributed by atoms with E-state index in [1.807, 2.05) is 114 Å². The Morgan fingerprint density at radius 1 is 0.478 bits per heavy atom. The van der Waals surface area contributed by atoms with Gasteiger partial charge in [0.2, 0.25) is 23.0 Å². The third-order valence-corrected chi connectivity index (χ3v) is 15.4. The average molecular weight is 1810 g/mol. The van der Waals surface area contributed by atoms with Gasteiger partial charge in [-0.05, 0) is 96.5 Å². The summed E-state index contributed by atoms with van der Waals surface area (Å²) in [7, 11) is 7.94. The second-order valence-electron chi connectivity index (χ2n) is 28.9. The number of carboxylic acids is 1. The molecule has 11 aromatic rings. The lowest BCUT2D eigenvalue weighted by Gasteiger charge is -2.20. The highest BCUT2D eigenvalue weighted by Gasteiger charge is 2.30. The number of halogens is 4. The summed E-state index contributed by atoms with van der Waals surface area (Å²) >= 11 is 14.4. The molecular formula is C80H107BBr3ClN14O16. The Bertz CT molecular complexity index is 5080. The van der Waals surface area contributed by atoms with Gasteiger partial charge >= 0.3 is 3.18 Å². The monoisotopic (exact) mass is 1800 g/mol. The van der Waals surface area contributed by atoms with Gasteiger partial charge in [-0.25, -0.2) is 4.98 Å². The van der Waals surface area contributed by atoms with E-state index in [1.54, 1.807) is 119 Å². The number of nitro groups is 1. The van der Waals surface area contributed by atoms with Crippen molar-refractivity contribution in [1.82, 2.24) is 34.9 Å². The molecule has 0 radical (unpaired) electrons. The second kappa shape index (κ2) is 46.5. The van der Waals surface area contributed by atoms with E-state index >= 15 is 0 Å². The summed E-state index contributed by atoms with van der Waals surface area (Å²) in [5, 5.41) is 44.8. The number of anilines is 5. The van der Waals surface area contributed by atoms with E-state index in [0.29, 0.717) is 50.7 Å². The lowest BCUT2D eigenvalue weighted by molar-refractivity contribution is -0.742. The van der Waals surface area contributed by atoms with Crippen molar-refractivity contribution in [3.63, 3.8) is 0 Å². The van der Waals surface area contributed by atoms with Gasteiger partial charge < -0.3 is 66.4 Å². The van der Waals surface area contributed by atoms with Crippen LogP contribution in [0.15, 0.2) is 134 Å². The number of ether oxygens (including phenoxy) is 5. The molecule has 0 atom stereocenters. The highest BCUT2D eigenvalue weighted by atomic mass is 79.9. The predicted octanol–water partition coefficient (Wildman–Crippen LogP) is 20.0. The number of nitrogens with two attached hydrogens (primary N) is 2. The first-order valence-corrected chi connectivity index (χ1v) is 36.9. The van der Waals surface area contributed by atoms with Gasteiger partial charge in [0.1, 0.15) is 56.8 Å².